The number of nitrogens with two attached hydrogens (primary N) is 1. The van der Waals surface area contributed by atoms with Crippen LogP contribution in [0.5, 0.6) is 0 Å². The molecule has 8 nitrogen and oxygen atoms in total. The van der Waals surface area contributed by atoms with Crippen LogP contribution in [0.3, 0.4) is 0 Å². The summed E-state index contributed by atoms with van der Waals surface area (Å²) in [6.45, 7) is -0.362. The van der Waals surface area contributed by atoms with Gasteiger partial charge in [-0.1, -0.05) is 18.2 Å². The molecule has 1 aromatic heterocycles. The molecule has 10 heteroatoms. The number of hydrogen-bond donors (Lipinski definition) is 3. The van der Waals surface area contributed by atoms with Crippen LogP contribution in [0.4, 0.5) is 4.79 Å². The third-order valence-electron chi connectivity index (χ3n) is 4.75. The van der Waals surface area contributed by atoms with Gasteiger partial charge in [-0.2, -0.15) is 0 Å². The van der Waals surface area contributed by atoms with Crippen LogP contribution in [0.2, 0.25) is 0 Å². The maximum atomic E-state index is 13.3. The van der Waals surface area contributed by atoms with Gasteiger partial charge in [0.05, 0.1) is 18.0 Å². The summed E-state index contributed by atoms with van der Waals surface area (Å²) in [5, 5.41) is 19.3. The molecule has 27 heavy (non-hydrogen) atoms. The zero-order valence-corrected chi connectivity index (χ0v) is 15.8. The van der Waals surface area contributed by atoms with Gasteiger partial charge in [0.15, 0.2) is 5.11 Å². The number of aliphatic hydroxyl groups is 1. The topological polar surface area (TPSA) is 120 Å². The third kappa shape index (κ3) is 3.27. The summed E-state index contributed by atoms with van der Waals surface area (Å²) in [5.74, 6) is -1.06. The molecule has 1 aliphatic heterocycles. The Kier molecular flexibility index (Phi) is 5.40. The molecule has 1 fully saturated rings. The average molecular weight is 406 g/mol. The Morgan fingerprint density at radius 3 is 2.59 bits per heavy atom. The van der Waals surface area contributed by atoms with E-state index < -0.39 is 23.5 Å². The van der Waals surface area contributed by atoms with Gasteiger partial charge in [0.25, 0.3) is 5.91 Å². The molecule has 0 spiro atoms. The Morgan fingerprint density at radius 2 is 2.07 bits per heavy atom. The van der Waals surface area contributed by atoms with Crippen LogP contribution in [0.1, 0.15) is 15.2 Å². The van der Waals surface area contributed by atoms with E-state index in [0.29, 0.717) is 10.4 Å². The highest BCUT2D eigenvalue weighted by Gasteiger charge is 2.56. The quantitative estimate of drug-likeness (QED) is 0.655. The van der Waals surface area contributed by atoms with Crippen molar-refractivity contribution in [1.29, 1.82) is 0 Å². The second kappa shape index (κ2) is 7.59. The lowest BCUT2D eigenvalue weighted by atomic mass is 9.83. The highest BCUT2D eigenvalue weighted by atomic mass is 32.1. The first kappa shape index (κ1) is 19.2. The number of rotatable bonds is 4. The maximum Gasteiger partial charge on any atom is 0.407 e. The second-order valence-electron chi connectivity index (χ2n) is 6.19. The fraction of sp³-hybridized carbons (Fsp3) is 0.294. The lowest BCUT2D eigenvalue weighted by Gasteiger charge is -2.42. The summed E-state index contributed by atoms with van der Waals surface area (Å²) in [5.41, 5.74) is 5.09. The predicted octanol–water partition coefficient (Wildman–Crippen LogP) is 1.33. The van der Waals surface area contributed by atoms with Gasteiger partial charge in [-0.05, 0) is 41.9 Å². The summed E-state index contributed by atoms with van der Waals surface area (Å²) in [6, 6.07) is 10.2. The number of thiocarbonyl (C=S) groups is 1. The molecule has 142 valence electrons. The third-order valence-corrected chi connectivity index (χ3v) is 5.84. The first-order valence-corrected chi connectivity index (χ1v) is 9.29. The molecule has 1 aromatic carbocycles. The number of likely N-dealkylation sites (tertiary alicyclic amines) is 1. The molecule has 1 saturated heterocycles. The molecule has 2 atom stereocenters. The largest absolute Gasteiger partial charge is 0.465 e. The second-order valence-corrected chi connectivity index (χ2v) is 7.44. The van der Waals surface area contributed by atoms with Crippen molar-refractivity contribution < 1.29 is 19.8 Å². The molecular weight excluding hydrogens is 388 g/mol. The van der Waals surface area contributed by atoms with E-state index in [9.17, 15) is 19.8 Å². The number of aromatic nitrogens is 1. The van der Waals surface area contributed by atoms with E-state index in [-0.39, 0.29) is 24.8 Å². The standard InChI is InChI=1S/C17H18N4O4S2/c18-15(26)21(14(23)11-4-2-1-3-5-11)17(13-6-7-19-27-13)10-20(16(24)25)8-12(17)9-22/h1-7,12,22H,8-10H2,(H2,18,26)(H,24,25)/t12-,17-/m0/s1. The lowest BCUT2D eigenvalue weighted by Crippen LogP contribution is -2.59. The fourth-order valence-electron chi connectivity index (χ4n) is 3.53. The minimum Gasteiger partial charge on any atom is -0.465 e. The van der Waals surface area contributed by atoms with Crippen molar-refractivity contribution in [1.82, 2.24) is 14.2 Å². The van der Waals surface area contributed by atoms with Crippen molar-refractivity contribution in [3.05, 3.63) is 53.0 Å². The van der Waals surface area contributed by atoms with Gasteiger partial charge in [0, 0.05) is 24.2 Å². The molecule has 4 N–H and O–H groups in total. The van der Waals surface area contributed by atoms with Gasteiger partial charge in [0.2, 0.25) is 0 Å². The van der Waals surface area contributed by atoms with E-state index in [1.807, 2.05) is 0 Å². The summed E-state index contributed by atoms with van der Waals surface area (Å²) in [7, 11) is 0. The Bertz CT molecular complexity index is 846. The van der Waals surface area contributed by atoms with Crippen molar-refractivity contribution in [2.24, 2.45) is 11.7 Å². The van der Waals surface area contributed by atoms with Crippen LogP contribution in [0, 0.1) is 5.92 Å². The molecule has 2 aromatic rings. The van der Waals surface area contributed by atoms with E-state index in [4.69, 9.17) is 18.0 Å². The van der Waals surface area contributed by atoms with E-state index in [0.717, 1.165) is 16.4 Å². The Hall–Kier alpha value is -2.56. The zero-order chi connectivity index (χ0) is 19.6. The molecular formula is C17H18N4O4S2. The summed E-state index contributed by atoms with van der Waals surface area (Å²) >= 11 is 6.32. The molecule has 0 bridgehead atoms. The lowest BCUT2D eigenvalue weighted by molar-refractivity contribution is 0.0541. The van der Waals surface area contributed by atoms with E-state index in [2.05, 4.69) is 4.37 Å². The van der Waals surface area contributed by atoms with Gasteiger partial charge in [-0.3, -0.25) is 9.69 Å². The van der Waals surface area contributed by atoms with Crippen LogP contribution in [0.25, 0.3) is 0 Å². The SMILES string of the molecule is NC(=S)N(C(=O)c1ccccc1)[C@@]1(c2ccns2)CN(C(=O)O)C[C@H]1CO. The Balaban J connectivity index is 2.18. The zero-order valence-electron chi connectivity index (χ0n) is 14.2. The smallest absolute Gasteiger partial charge is 0.407 e. The minimum atomic E-state index is -1.23. The Morgan fingerprint density at radius 1 is 1.37 bits per heavy atom. The monoisotopic (exact) mass is 406 g/mol. The van der Waals surface area contributed by atoms with Crippen LogP contribution in [-0.4, -0.2) is 61.2 Å². The normalized spacial score (nSPS) is 21.8. The molecule has 0 aliphatic carbocycles. The predicted molar refractivity (Wildman–Crippen MR) is 103 cm³/mol. The van der Waals surface area contributed by atoms with Crippen LogP contribution in [0.15, 0.2) is 42.6 Å². The highest BCUT2D eigenvalue weighted by Crippen LogP contribution is 2.44. The number of benzene rings is 1. The number of carbonyl (C=O) groups excluding carboxylic acids is 1. The molecule has 1 aliphatic rings. The molecule has 2 amide bonds. The van der Waals surface area contributed by atoms with Crippen molar-refractivity contribution in [2.75, 3.05) is 19.7 Å². The van der Waals surface area contributed by atoms with Gasteiger partial charge < -0.3 is 20.8 Å². The van der Waals surface area contributed by atoms with Gasteiger partial charge in [0.1, 0.15) is 5.54 Å². The average Bonchev–Trinajstić information content (AvgIpc) is 3.30. The molecule has 2 heterocycles. The van der Waals surface area contributed by atoms with Crippen molar-refractivity contribution >= 4 is 40.9 Å². The maximum absolute atomic E-state index is 13.3. The van der Waals surface area contributed by atoms with Crippen molar-refractivity contribution in [3.8, 4) is 0 Å². The minimum absolute atomic E-state index is 0.0465. The molecule has 3 rings (SSSR count). The summed E-state index contributed by atoms with van der Waals surface area (Å²) in [4.78, 5) is 27.9. The number of carbonyl (C=O) groups is 2. The van der Waals surface area contributed by atoms with E-state index in [1.54, 1.807) is 42.6 Å². The number of carboxylic acid groups (broad SMARTS) is 1. The fourth-order valence-corrected chi connectivity index (χ4v) is 4.61. The number of aliphatic hydroxyl groups excluding tert-OH is 1. The van der Waals surface area contributed by atoms with Gasteiger partial charge >= 0.3 is 6.09 Å². The van der Waals surface area contributed by atoms with Gasteiger partial charge in [-0.25, -0.2) is 9.17 Å². The molecule has 0 radical (unpaired) electrons. The van der Waals surface area contributed by atoms with Crippen LogP contribution >= 0.6 is 23.8 Å². The number of hydrogen-bond acceptors (Lipinski definition) is 6. The molecule has 0 saturated carbocycles. The summed E-state index contributed by atoms with van der Waals surface area (Å²) in [6.07, 6.45) is 0.416. The van der Waals surface area contributed by atoms with Gasteiger partial charge in [-0.15, -0.1) is 0 Å². The van der Waals surface area contributed by atoms with Crippen molar-refractivity contribution in [2.45, 2.75) is 5.54 Å². The van der Waals surface area contributed by atoms with Crippen LogP contribution < -0.4 is 5.73 Å². The van der Waals surface area contributed by atoms with E-state index in [1.165, 1.54) is 4.90 Å². The number of amides is 2. The summed E-state index contributed by atoms with van der Waals surface area (Å²) < 4.78 is 4.10. The molecule has 0 unspecified atom stereocenters. The first-order chi connectivity index (χ1) is 12.9. The van der Waals surface area contributed by atoms with Crippen LogP contribution in [-0.2, 0) is 5.54 Å². The van der Waals surface area contributed by atoms with Crippen molar-refractivity contribution in [3.63, 3.8) is 0 Å². The van der Waals surface area contributed by atoms with E-state index >= 15 is 0 Å². The first-order valence-electron chi connectivity index (χ1n) is 8.10. The Labute approximate surface area is 165 Å². The number of nitrogens with zero attached hydrogens (tertiary/aromatic N) is 3. The highest BCUT2D eigenvalue weighted by molar-refractivity contribution is 7.80.